The molecule has 0 spiro atoms. The van der Waals surface area contributed by atoms with Crippen LogP contribution in [-0.4, -0.2) is 18.7 Å². The smallest absolute Gasteiger partial charge is 0.277 e. The van der Waals surface area contributed by atoms with E-state index in [1.165, 1.54) is 36.5 Å². The average Bonchev–Trinajstić information content (AvgIpc) is 2.49. The van der Waals surface area contributed by atoms with Crippen molar-refractivity contribution in [2.24, 2.45) is 5.10 Å². The van der Waals surface area contributed by atoms with Gasteiger partial charge in [0, 0.05) is 16.1 Å². The van der Waals surface area contributed by atoms with E-state index >= 15 is 0 Å². The molecule has 4 nitrogen and oxygen atoms in total. The second kappa shape index (κ2) is 7.65. The molecule has 2 aromatic rings. The Balaban J connectivity index is 1.85. The van der Waals surface area contributed by atoms with E-state index in [1.54, 1.807) is 6.07 Å². The number of nitrogens with zero attached hydrogens (tertiary/aromatic N) is 1. The van der Waals surface area contributed by atoms with E-state index < -0.39 is 17.5 Å². The van der Waals surface area contributed by atoms with Crippen molar-refractivity contribution in [3.05, 3.63) is 64.1 Å². The average molecular weight is 369 g/mol. The molecule has 0 saturated heterocycles. The van der Waals surface area contributed by atoms with Gasteiger partial charge in [-0.1, -0.05) is 22.0 Å². The molecule has 2 rings (SSSR count). The molecule has 1 amide bonds. The fourth-order valence-corrected chi connectivity index (χ4v) is 1.90. The quantitative estimate of drug-likeness (QED) is 0.650. The lowest BCUT2D eigenvalue weighted by Crippen LogP contribution is -2.24. The molecule has 0 atom stereocenters. The Labute approximate surface area is 133 Å². The van der Waals surface area contributed by atoms with Crippen LogP contribution in [0.25, 0.3) is 0 Å². The normalized spacial score (nSPS) is 10.7. The third-order valence-electron chi connectivity index (χ3n) is 2.52. The lowest BCUT2D eigenvalue weighted by molar-refractivity contribution is -0.123. The SMILES string of the molecule is O=C(COc1cccc(F)c1)N/N=C\c1cc(Br)ccc1F. The fourth-order valence-electron chi connectivity index (χ4n) is 1.53. The Hall–Kier alpha value is -2.28. The summed E-state index contributed by atoms with van der Waals surface area (Å²) in [7, 11) is 0. The van der Waals surface area contributed by atoms with Crippen molar-refractivity contribution in [2.45, 2.75) is 0 Å². The minimum Gasteiger partial charge on any atom is -0.484 e. The van der Waals surface area contributed by atoms with Crippen LogP contribution in [0.4, 0.5) is 8.78 Å². The van der Waals surface area contributed by atoms with Crippen LogP contribution in [0.15, 0.2) is 52.0 Å². The largest absolute Gasteiger partial charge is 0.484 e. The van der Waals surface area contributed by atoms with Crippen molar-refractivity contribution < 1.29 is 18.3 Å². The standard InChI is InChI=1S/C15H11BrF2N2O2/c16-11-4-5-14(18)10(6-11)8-19-20-15(21)9-22-13-3-1-2-12(17)7-13/h1-8H,9H2,(H,20,21)/b19-8-. The van der Waals surface area contributed by atoms with E-state index in [0.717, 1.165) is 6.07 Å². The summed E-state index contributed by atoms with van der Waals surface area (Å²) in [6.07, 6.45) is 1.18. The van der Waals surface area contributed by atoms with Gasteiger partial charge in [-0.05, 0) is 30.3 Å². The molecular weight excluding hydrogens is 358 g/mol. The van der Waals surface area contributed by atoms with Crippen molar-refractivity contribution in [3.63, 3.8) is 0 Å². The molecule has 0 bridgehead atoms. The number of hydrazone groups is 1. The monoisotopic (exact) mass is 368 g/mol. The highest BCUT2D eigenvalue weighted by molar-refractivity contribution is 9.10. The number of nitrogens with one attached hydrogen (secondary N) is 1. The third-order valence-corrected chi connectivity index (χ3v) is 3.01. The van der Waals surface area contributed by atoms with Crippen molar-refractivity contribution in [1.82, 2.24) is 5.43 Å². The topological polar surface area (TPSA) is 50.7 Å². The predicted molar refractivity (Wildman–Crippen MR) is 81.7 cm³/mol. The number of carbonyl (C=O) groups excluding carboxylic acids is 1. The maximum Gasteiger partial charge on any atom is 0.277 e. The first kappa shape index (κ1) is 16.1. The van der Waals surface area contributed by atoms with Gasteiger partial charge in [0.1, 0.15) is 17.4 Å². The number of hydrogen-bond donors (Lipinski definition) is 1. The summed E-state index contributed by atoms with van der Waals surface area (Å²) >= 11 is 3.21. The van der Waals surface area contributed by atoms with Crippen LogP contribution in [0.3, 0.4) is 0 Å². The van der Waals surface area contributed by atoms with Crippen LogP contribution in [-0.2, 0) is 4.79 Å². The minimum absolute atomic E-state index is 0.223. The van der Waals surface area contributed by atoms with Crippen LogP contribution in [0, 0.1) is 11.6 Å². The Kier molecular flexibility index (Phi) is 5.60. The second-order valence-electron chi connectivity index (χ2n) is 4.21. The van der Waals surface area contributed by atoms with E-state index in [9.17, 15) is 13.6 Å². The molecule has 0 aliphatic rings. The van der Waals surface area contributed by atoms with Crippen LogP contribution in [0.5, 0.6) is 5.75 Å². The lowest BCUT2D eigenvalue weighted by atomic mass is 10.2. The van der Waals surface area contributed by atoms with E-state index in [0.29, 0.717) is 4.47 Å². The van der Waals surface area contributed by atoms with E-state index in [2.05, 4.69) is 26.5 Å². The van der Waals surface area contributed by atoms with Gasteiger partial charge in [-0.15, -0.1) is 0 Å². The van der Waals surface area contributed by atoms with Crippen molar-refractivity contribution >= 4 is 28.1 Å². The zero-order valence-corrected chi connectivity index (χ0v) is 12.8. The molecule has 0 aliphatic heterocycles. The Morgan fingerprint density at radius 1 is 1.27 bits per heavy atom. The van der Waals surface area contributed by atoms with Crippen molar-refractivity contribution in [1.29, 1.82) is 0 Å². The molecule has 0 aliphatic carbocycles. The highest BCUT2D eigenvalue weighted by Gasteiger charge is 2.03. The van der Waals surface area contributed by atoms with Crippen LogP contribution < -0.4 is 10.2 Å². The molecule has 114 valence electrons. The summed E-state index contributed by atoms with van der Waals surface area (Å²) in [6, 6.07) is 9.77. The molecule has 7 heteroatoms. The Morgan fingerprint density at radius 3 is 2.86 bits per heavy atom. The van der Waals surface area contributed by atoms with Gasteiger partial charge in [0.05, 0.1) is 6.21 Å². The predicted octanol–water partition coefficient (Wildman–Crippen LogP) is 3.26. The van der Waals surface area contributed by atoms with Crippen LogP contribution in [0.1, 0.15) is 5.56 Å². The van der Waals surface area contributed by atoms with Crippen molar-refractivity contribution in [2.75, 3.05) is 6.61 Å². The number of rotatable bonds is 5. The third kappa shape index (κ3) is 4.92. The number of carbonyl (C=O) groups is 1. The lowest BCUT2D eigenvalue weighted by Gasteiger charge is -2.04. The summed E-state index contributed by atoms with van der Waals surface area (Å²) < 4.78 is 32.1. The molecule has 0 saturated carbocycles. The van der Waals surface area contributed by atoms with Crippen molar-refractivity contribution in [3.8, 4) is 5.75 Å². The number of benzene rings is 2. The first-order valence-corrected chi connectivity index (χ1v) is 6.99. The van der Waals surface area contributed by atoms with Gasteiger partial charge in [0.2, 0.25) is 0 Å². The molecule has 2 aromatic carbocycles. The summed E-state index contributed by atoms with van der Waals surface area (Å²) in [4.78, 5) is 11.5. The Morgan fingerprint density at radius 2 is 2.09 bits per heavy atom. The summed E-state index contributed by atoms with van der Waals surface area (Å²) in [5.74, 6) is -1.23. The molecule has 0 fully saturated rings. The number of hydrogen-bond acceptors (Lipinski definition) is 3. The molecular formula is C15H11BrF2N2O2. The highest BCUT2D eigenvalue weighted by Crippen LogP contribution is 2.14. The fraction of sp³-hybridized carbons (Fsp3) is 0.0667. The molecule has 0 aromatic heterocycles. The van der Waals surface area contributed by atoms with Gasteiger partial charge in [0.25, 0.3) is 5.91 Å². The first-order chi connectivity index (χ1) is 10.5. The number of ether oxygens (including phenoxy) is 1. The summed E-state index contributed by atoms with van der Waals surface area (Å²) in [6.45, 7) is -0.332. The maximum atomic E-state index is 13.4. The zero-order valence-electron chi connectivity index (χ0n) is 11.2. The molecule has 0 heterocycles. The van der Waals surface area contributed by atoms with Gasteiger partial charge >= 0.3 is 0 Å². The molecule has 22 heavy (non-hydrogen) atoms. The van der Waals surface area contributed by atoms with Gasteiger partial charge in [-0.2, -0.15) is 5.10 Å². The van der Waals surface area contributed by atoms with Gasteiger partial charge in [-0.25, -0.2) is 14.2 Å². The Bertz CT molecular complexity index is 708. The van der Waals surface area contributed by atoms with E-state index in [1.807, 2.05) is 0 Å². The van der Waals surface area contributed by atoms with E-state index in [4.69, 9.17) is 4.74 Å². The zero-order chi connectivity index (χ0) is 15.9. The summed E-state index contributed by atoms with van der Waals surface area (Å²) in [5.41, 5.74) is 2.42. The van der Waals surface area contributed by atoms with Gasteiger partial charge in [0.15, 0.2) is 6.61 Å². The molecule has 1 N–H and O–H groups in total. The maximum absolute atomic E-state index is 13.4. The number of amides is 1. The molecule has 0 radical (unpaired) electrons. The minimum atomic E-state index is -0.545. The second-order valence-corrected chi connectivity index (χ2v) is 5.12. The first-order valence-electron chi connectivity index (χ1n) is 6.20. The molecule has 0 unspecified atom stereocenters. The van der Waals surface area contributed by atoms with Gasteiger partial charge in [-0.3, -0.25) is 4.79 Å². The highest BCUT2D eigenvalue weighted by atomic mass is 79.9. The van der Waals surface area contributed by atoms with E-state index in [-0.39, 0.29) is 17.9 Å². The van der Waals surface area contributed by atoms with Crippen LogP contribution >= 0.6 is 15.9 Å². The number of halogens is 3. The van der Waals surface area contributed by atoms with Crippen LogP contribution in [0.2, 0.25) is 0 Å². The van der Waals surface area contributed by atoms with Gasteiger partial charge < -0.3 is 4.74 Å². The summed E-state index contributed by atoms with van der Waals surface area (Å²) in [5, 5.41) is 3.63.